The van der Waals surface area contributed by atoms with E-state index in [0.29, 0.717) is 12.0 Å². The van der Waals surface area contributed by atoms with Crippen LogP contribution in [0.15, 0.2) is 22.8 Å². The SMILES string of the molecule is NNC(CCc1ccco1)C1CCOCC1. The summed E-state index contributed by atoms with van der Waals surface area (Å²) in [5.41, 5.74) is 2.94. The summed E-state index contributed by atoms with van der Waals surface area (Å²) < 4.78 is 10.7. The predicted molar refractivity (Wildman–Crippen MR) is 61.7 cm³/mol. The molecular weight excluding hydrogens is 204 g/mol. The molecule has 1 aliphatic rings. The number of aryl methyl sites for hydroxylation is 1. The van der Waals surface area contributed by atoms with Gasteiger partial charge in [-0.25, -0.2) is 0 Å². The van der Waals surface area contributed by atoms with E-state index >= 15 is 0 Å². The maximum atomic E-state index is 5.62. The van der Waals surface area contributed by atoms with E-state index in [0.717, 1.165) is 44.7 Å². The second-order valence-electron chi connectivity index (χ2n) is 4.34. The van der Waals surface area contributed by atoms with Gasteiger partial charge in [-0.05, 0) is 37.3 Å². The van der Waals surface area contributed by atoms with Crippen molar-refractivity contribution in [3.8, 4) is 0 Å². The molecule has 0 amide bonds. The van der Waals surface area contributed by atoms with Gasteiger partial charge in [-0.2, -0.15) is 0 Å². The van der Waals surface area contributed by atoms with Crippen LogP contribution in [0.25, 0.3) is 0 Å². The first-order chi connectivity index (χ1) is 7.90. The topological polar surface area (TPSA) is 60.4 Å². The van der Waals surface area contributed by atoms with Crippen molar-refractivity contribution in [1.82, 2.24) is 5.43 Å². The minimum absolute atomic E-state index is 0.369. The molecule has 90 valence electrons. The Morgan fingerprint density at radius 3 is 2.88 bits per heavy atom. The molecule has 1 fully saturated rings. The van der Waals surface area contributed by atoms with E-state index in [2.05, 4.69) is 5.43 Å². The Kier molecular flexibility index (Phi) is 4.39. The number of hydrogen-bond donors (Lipinski definition) is 2. The van der Waals surface area contributed by atoms with E-state index in [9.17, 15) is 0 Å². The van der Waals surface area contributed by atoms with Gasteiger partial charge in [0.15, 0.2) is 0 Å². The standard InChI is InChI=1S/C12H20N2O2/c13-14-12(10-5-8-15-9-6-10)4-3-11-2-1-7-16-11/h1-2,7,10,12,14H,3-6,8-9,13H2. The Morgan fingerprint density at radius 1 is 1.44 bits per heavy atom. The molecule has 0 aromatic carbocycles. The fraction of sp³-hybridized carbons (Fsp3) is 0.667. The van der Waals surface area contributed by atoms with Gasteiger partial charge in [0.2, 0.25) is 0 Å². The van der Waals surface area contributed by atoms with Crippen molar-refractivity contribution in [3.63, 3.8) is 0 Å². The number of hydrazine groups is 1. The molecule has 0 saturated carbocycles. The van der Waals surface area contributed by atoms with Gasteiger partial charge in [0.05, 0.1) is 6.26 Å². The first-order valence-corrected chi connectivity index (χ1v) is 5.96. The lowest BCUT2D eigenvalue weighted by atomic mass is 9.89. The Morgan fingerprint density at radius 2 is 2.25 bits per heavy atom. The lowest BCUT2D eigenvalue weighted by Gasteiger charge is -2.29. The van der Waals surface area contributed by atoms with Crippen LogP contribution in [0, 0.1) is 5.92 Å². The summed E-state index contributed by atoms with van der Waals surface area (Å²) in [6.45, 7) is 1.73. The molecule has 16 heavy (non-hydrogen) atoms. The van der Waals surface area contributed by atoms with E-state index in [-0.39, 0.29) is 0 Å². The Hall–Kier alpha value is -0.840. The average Bonchev–Trinajstić information content (AvgIpc) is 2.84. The molecule has 1 atom stereocenters. The normalized spacial score (nSPS) is 19.8. The van der Waals surface area contributed by atoms with Gasteiger partial charge in [0, 0.05) is 25.7 Å². The quantitative estimate of drug-likeness (QED) is 0.587. The first kappa shape index (κ1) is 11.6. The van der Waals surface area contributed by atoms with Crippen LogP contribution in [0.5, 0.6) is 0 Å². The second-order valence-corrected chi connectivity index (χ2v) is 4.34. The number of ether oxygens (including phenoxy) is 1. The summed E-state index contributed by atoms with van der Waals surface area (Å²) in [5, 5.41) is 0. The predicted octanol–water partition coefficient (Wildman–Crippen LogP) is 1.47. The van der Waals surface area contributed by atoms with Gasteiger partial charge in [0.1, 0.15) is 5.76 Å². The molecule has 2 heterocycles. The van der Waals surface area contributed by atoms with E-state index < -0.39 is 0 Å². The van der Waals surface area contributed by atoms with E-state index in [1.807, 2.05) is 12.1 Å². The molecule has 4 heteroatoms. The minimum atomic E-state index is 0.369. The van der Waals surface area contributed by atoms with Crippen LogP contribution in [0.4, 0.5) is 0 Å². The third-order valence-electron chi connectivity index (χ3n) is 3.33. The van der Waals surface area contributed by atoms with Gasteiger partial charge in [-0.3, -0.25) is 11.3 Å². The molecule has 1 aromatic rings. The fourth-order valence-electron chi connectivity index (χ4n) is 2.33. The maximum Gasteiger partial charge on any atom is 0.103 e. The Labute approximate surface area is 96.1 Å². The number of nitrogens with one attached hydrogen (secondary N) is 1. The largest absolute Gasteiger partial charge is 0.469 e. The summed E-state index contributed by atoms with van der Waals surface area (Å²) in [6.07, 6.45) is 5.89. The van der Waals surface area contributed by atoms with Crippen LogP contribution in [0.1, 0.15) is 25.0 Å². The molecule has 2 rings (SSSR count). The summed E-state index contributed by atoms with van der Waals surface area (Å²) in [7, 11) is 0. The van der Waals surface area contributed by atoms with Crippen molar-refractivity contribution in [3.05, 3.63) is 24.2 Å². The highest BCUT2D eigenvalue weighted by Gasteiger charge is 2.22. The van der Waals surface area contributed by atoms with Gasteiger partial charge in [-0.15, -0.1) is 0 Å². The zero-order chi connectivity index (χ0) is 11.2. The van der Waals surface area contributed by atoms with Crippen LogP contribution in [0.2, 0.25) is 0 Å². The number of furan rings is 1. The van der Waals surface area contributed by atoms with Crippen LogP contribution in [0.3, 0.4) is 0 Å². The molecule has 1 saturated heterocycles. The zero-order valence-electron chi connectivity index (χ0n) is 9.52. The summed E-state index contributed by atoms with van der Waals surface area (Å²) in [4.78, 5) is 0. The van der Waals surface area contributed by atoms with Gasteiger partial charge >= 0.3 is 0 Å². The lowest BCUT2D eigenvalue weighted by molar-refractivity contribution is 0.0525. The summed E-state index contributed by atoms with van der Waals surface area (Å²) >= 11 is 0. The number of hydrogen-bond acceptors (Lipinski definition) is 4. The minimum Gasteiger partial charge on any atom is -0.469 e. The van der Waals surface area contributed by atoms with Crippen LogP contribution < -0.4 is 11.3 Å². The third kappa shape index (κ3) is 3.07. The van der Waals surface area contributed by atoms with Gasteiger partial charge < -0.3 is 9.15 Å². The smallest absolute Gasteiger partial charge is 0.103 e. The zero-order valence-corrected chi connectivity index (χ0v) is 9.52. The molecule has 3 N–H and O–H groups in total. The number of rotatable bonds is 5. The van der Waals surface area contributed by atoms with Crippen molar-refractivity contribution in [2.45, 2.75) is 31.7 Å². The van der Waals surface area contributed by atoms with Crippen molar-refractivity contribution >= 4 is 0 Å². The average molecular weight is 224 g/mol. The van der Waals surface area contributed by atoms with E-state index in [4.69, 9.17) is 15.0 Å². The molecule has 0 spiro atoms. The van der Waals surface area contributed by atoms with Crippen molar-refractivity contribution in [2.24, 2.45) is 11.8 Å². The second kappa shape index (κ2) is 6.03. The van der Waals surface area contributed by atoms with Gasteiger partial charge in [0.25, 0.3) is 0 Å². The Bertz CT molecular complexity index is 281. The maximum absolute atomic E-state index is 5.62. The van der Waals surface area contributed by atoms with Gasteiger partial charge in [-0.1, -0.05) is 0 Å². The summed E-state index contributed by atoms with van der Waals surface area (Å²) in [5.74, 6) is 7.29. The summed E-state index contributed by atoms with van der Waals surface area (Å²) in [6, 6.07) is 4.31. The van der Waals surface area contributed by atoms with E-state index in [1.165, 1.54) is 0 Å². The highest BCUT2D eigenvalue weighted by Crippen LogP contribution is 2.21. The number of nitrogens with two attached hydrogens (primary N) is 1. The third-order valence-corrected chi connectivity index (χ3v) is 3.33. The Balaban J connectivity index is 1.80. The molecule has 0 aliphatic carbocycles. The van der Waals surface area contributed by atoms with E-state index in [1.54, 1.807) is 6.26 Å². The molecule has 1 aromatic heterocycles. The molecule has 1 unspecified atom stereocenters. The lowest BCUT2D eigenvalue weighted by Crippen LogP contribution is -2.43. The molecule has 4 nitrogen and oxygen atoms in total. The molecular formula is C12H20N2O2. The van der Waals surface area contributed by atoms with Crippen molar-refractivity contribution in [1.29, 1.82) is 0 Å². The molecule has 0 radical (unpaired) electrons. The van der Waals surface area contributed by atoms with Crippen molar-refractivity contribution < 1.29 is 9.15 Å². The molecule has 1 aliphatic heterocycles. The van der Waals surface area contributed by atoms with Crippen LogP contribution in [-0.2, 0) is 11.2 Å². The van der Waals surface area contributed by atoms with Crippen LogP contribution >= 0.6 is 0 Å². The highest BCUT2D eigenvalue weighted by molar-refractivity contribution is 4.98. The highest BCUT2D eigenvalue weighted by atomic mass is 16.5. The first-order valence-electron chi connectivity index (χ1n) is 5.96. The van der Waals surface area contributed by atoms with Crippen molar-refractivity contribution in [2.75, 3.05) is 13.2 Å². The fourth-order valence-corrected chi connectivity index (χ4v) is 2.33. The molecule has 0 bridgehead atoms. The monoisotopic (exact) mass is 224 g/mol. The van der Waals surface area contributed by atoms with Crippen LogP contribution in [-0.4, -0.2) is 19.3 Å².